The van der Waals surface area contributed by atoms with Crippen molar-refractivity contribution in [2.45, 2.75) is 19.9 Å². The molecule has 0 unspecified atom stereocenters. The van der Waals surface area contributed by atoms with Crippen molar-refractivity contribution in [3.63, 3.8) is 0 Å². The quantitative estimate of drug-likeness (QED) is 0.369. The van der Waals surface area contributed by atoms with Crippen molar-refractivity contribution in [2.75, 3.05) is 11.1 Å². The molecule has 8 nitrogen and oxygen atoms in total. The fraction of sp³-hybridized carbons (Fsp3) is 0.143. The molecule has 0 radical (unpaired) electrons. The molecule has 3 heterocycles. The molecule has 0 bridgehead atoms. The van der Waals surface area contributed by atoms with E-state index in [2.05, 4.69) is 53.6 Å². The zero-order chi connectivity index (χ0) is 19.8. The molecule has 144 valence electrons. The number of aryl methyl sites for hydroxylation is 1. The third-order valence-electron chi connectivity index (χ3n) is 4.91. The second-order valence-corrected chi connectivity index (χ2v) is 7.10. The first-order valence-electron chi connectivity index (χ1n) is 9.36. The fourth-order valence-corrected chi connectivity index (χ4v) is 3.44. The van der Waals surface area contributed by atoms with E-state index in [9.17, 15) is 0 Å². The molecular formula is C21H20N8. The van der Waals surface area contributed by atoms with Gasteiger partial charge >= 0.3 is 0 Å². The number of aromatic amines is 2. The molecule has 5 rings (SSSR count). The number of hydrogen-bond acceptors (Lipinski definition) is 6. The molecule has 0 amide bonds. The molecule has 5 aromatic rings. The molecule has 0 aliphatic heterocycles. The maximum atomic E-state index is 6.19. The number of fused-ring (bicyclic) bond motifs is 2. The van der Waals surface area contributed by atoms with E-state index in [0.29, 0.717) is 24.7 Å². The van der Waals surface area contributed by atoms with Gasteiger partial charge in [-0.3, -0.25) is 5.10 Å². The van der Waals surface area contributed by atoms with Crippen LogP contribution in [0.2, 0.25) is 0 Å². The van der Waals surface area contributed by atoms with Crippen molar-refractivity contribution in [3.05, 3.63) is 71.3 Å². The van der Waals surface area contributed by atoms with Gasteiger partial charge in [-0.05, 0) is 42.3 Å². The molecule has 29 heavy (non-hydrogen) atoms. The van der Waals surface area contributed by atoms with E-state index in [4.69, 9.17) is 5.73 Å². The minimum Gasteiger partial charge on any atom is -0.383 e. The first-order valence-corrected chi connectivity index (χ1v) is 9.36. The molecule has 0 fully saturated rings. The van der Waals surface area contributed by atoms with Gasteiger partial charge in [0.25, 0.3) is 0 Å². The molecule has 0 aliphatic rings. The molecule has 2 aromatic carbocycles. The van der Waals surface area contributed by atoms with Crippen LogP contribution >= 0.6 is 0 Å². The number of aromatic nitrogens is 6. The number of anilines is 2. The zero-order valence-electron chi connectivity index (χ0n) is 15.9. The van der Waals surface area contributed by atoms with Crippen LogP contribution in [0.25, 0.3) is 21.9 Å². The molecule has 0 aliphatic carbocycles. The van der Waals surface area contributed by atoms with Crippen LogP contribution in [0.15, 0.2) is 48.8 Å². The summed E-state index contributed by atoms with van der Waals surface area (Å²) in [5, 5.41) is 11.3. The average Bonchev–Trinajstić information content (AvgIpc) is 3.32. The number of benzene rings is 2. The lowest BCUT2D eigenvalue weighted by molar-refractivity contribution is 1.03. The molecule has 5 N–H and O–H groups in total. The molecular weight excluding hydrogens is 364 g/mol. The van der Waals surface area contributed by atoms with E-state index in [1.165, 1.54) is 0 Å². The van der Waals surface area contributed by atoms with Gasteiger partial charge in [0, 0.05) is 30.1 Å². The van der Waals surface area contributed by atoms with Crippen LogP contribution in [0.3, 0.4) is 0 Å². The number of nitrogens with two attached hydrogens (primary N) is 1. The van der Waals surface area contributed by atoms with E-state index < -0.39 is 0 Å². The third kappa shape index (κ3) is 3.47. The van der Waals surface area contributed by atoms with Crippen LogP contribution < -0.4 is 11.1 Å². The summed E-state index contributed by atoms with van der Waals surface area (Å²) in [7, 11) is 0. The third-order valence-corrected chi connectivity index (χ3v) is 4.91. The number of rotatable bonds is 5. The van der Waals surface area contributed by atoms with Crippen LogP contribution in [-0.4, -0.2) is 30.1 Å². The van der Waals surface area contributed by atoms with E-state index in [1.54, 1.807) is 6.20 Å². The zero-order valence-corrected chi connectivity index (χ0v) is 15.9. The lowest BCUT2D eigenvalue weighted by Crippen LogP contribution is -2.07. The number of nitrogens with zero attached hydrogens (tertiary/aromatic N) is 4. The van der Waals surface area contributed by atoms with Gasteiger partial charge in [-0.25, -0.2) is 9.97 Å². The number of nitrogen functional groups attached to an aromatic ring is 1. The maximum absolute atomic E-state index is 6.19. The van der Waals surface area contributed by atoms with Gasteiger partial charge in [-0.2, -0.15) is 10.1 Å². The summed E-state index contributed by atoms with van der Waals surface area (Å²) in [6.07, 6.45) is 4.27. The predicted molar refractivity (Wildman–Crippen MR) is 114 cm³/mol. The Morgan fingerprint density at radius 3 is 2.79 bits per heavy atom. The van der Waals surface area contributed by atoms with Crippen LogP contribution in [0.5, 0.6) is 0 Å². The van der Waals surface area contributed by atoms with Crippen LogP contribution in [-0.2, 0) is 13.0 Å². The minimum atomic E-state index is 0.481. The van der Waals surface area contributed by atoms with E-state index in [1.807, 2.05) is 31.3 Å². The fourth-order valence-electron chi connectivity index (χ4n) is 3.44. The molecule has 3 aromatic heterocycles. The number of H-pyrrole nitrogens is 2. The molecule has 8 heteroatoms. The van der Waals surface area contributed by atoms with Gasteiger partial charge in [0.2, 0.25) is 5.95 Å². The second-order valence-electron chi connectivity index (χ2n) is 7.10. The summed E-state index contributed by atoms with van der Waals surface area (Å²) in [5.74, 6) is 1.90. The lowest BCUT2D eigenvalue weighted by Gasteiger charge is -2.09. The molecule has 0 saturated heterocycles. The summed E-state index contributed by atoms with van der Waals surface area (Å²) in [6, 6.07) is 12.3. The summed E-state index contributed by atoms with van der Waals surface area (Å²) < 4.78 is 0. The Morgan fingerprint density at radius 1 is 1.00 bits per heavy atom. The van der Waals surface area contributed by atoms with Gasteiger partial charge in [-0.1, -0.05) is 12.1 Å². The van der Waals surface area contributed by atoms with Crippen molar-refractivity contribution < 1.29 is 0 Å². The molecule has 0 atom stereocenters. The highest BCUT2D eigenvalue weighted by Gasteiger charge is 2.07. The van der Waals surface area contributed by atoms with Crippen molar-refractivity contribution in [1.82, 2.24) is 30.1 Å². The smallest absolute Gasteiger partial charge is 0.224 e. The average molecular weight is 384 g/mol. The molecule has 0 saturated carbocycles. The predicted octanol–water partition coefficient (Wildman–Crippen LogP) is 3.32. The van der Waals surface area contributed by atoms with Gasteiger partial charge in [0.15, 0.2) is 0 Å². The SMILES string of the molecule is Cc1nc2ccc(CNc3ncc(Cc4ccc5[nH]ncc5c4)c(N)n3)cc2[nH]1. The van der Waals surface area contributed by atoms with Crippen LogP contribution in [0.1, 0.15) is 22.5 Å². The van der Waals surface area contributed by atoms with Gasteiger partial charge < -0.3 is 16.0 Å². The minimum absolute atomic E-state index is 0.481. The normalized spacial score (nSPS) is 11.3. The van der Waals surface area contributed by atoms with Crippen molar-refractivity contribution >= 4 is 33.7 Å². The van der Waals surface area contributed by atoms with Crippen molar-refractivity contribution in [2.24, 2.45) is 0 Å². The largest absolute Gasteiger partial charge is 0.383 e. The Balaban J connectivity index is 1.29. The van der Waals surface area contributed by atoms with E-state index in [0.717, 1.165) is 44.5 Å². The Labute approximate surface area is 166 Å². The number of hydrogen-bond donors (Lipinski definition) is 4. The standard InChI is InChI=1S/C21H20N8/c1-12-26-18-5-3-14(8-19(18)27-12)9-23-21-24-10-16(20(22)28-21)7-13-2-4-17-15(6-13)11-25-29-17/h2-6,8,10-11H,7,9H2,1H3,(H,25,29)(H,26,27)(H3,22,23,24,28). The second kappa shape index (κ2) is 6.90. The Kier molecular flexibility index (Phi) is 4.09. The summed E-state index contributed by atoms with van der Waals surface area (Å²) in [6.45, 7) is 2.55. The van der Waals surface area contributed by atoms with E-state index >= 15 is 0 Å². The van der Waals surface area contributed by atoms with Gasteiger partial charge in [-0.15, -0.1) is 0 Å². The van der Waals surface area contributed by atoms with Gasteiger partial charge in [0.05, 0.1) is 22.7 Å². The Bertz CT molecular complexity index is 1320. The number of nitrogens with one attached hydrogen (secondary N) is 3. The van der Waals surface area contributed by atoms with E-state index in [-0.39, 0.29) is 0 Å². The van der Waals surface area contributed by atoms with Crippen molar-refractivity contribution in [1.29, 1.82) is 0 Å². The highest BCUT2D eigenvalue weighted by molar-refractivity contribution is 5.78. The summed E-state index contributed by atoms with van der Waals surface area (Å²) in [4.78, 5) is 16.5. The first-order chi connectivity index (χ1) is 14.1. The molecule has 0 spiro atoms. The Morgan fingerprint density at radius 2 is 1.90 bits per heavy atom. The van der Waals surface area contributed by atoms with Crippen LogP contribution in [0, 0.1) is 6.92 Å². The highest BCUT2D eigenvalue weighted by Crippen LogP contribution is 2.20. The first kappa shape index (κ1) is 17.2. The highest BCUT2D eigenvalue weighted by atomic mass is 15.1. The number of imidazole rings is 1. The summed E-state index contributed by atoms with van der Waals surface area (Å²) in [5.41, 5.74) is 12.3. The lowest BCUT2D eigenvalue weighted by atomic mass is 10.1. The summed E-state index contributed by atoms with van der Waals surface area (Å²) >= 11 is 0. The topological polar surface area (TPSA) is 121 Å². The maximum Gasteiger partial charge on any atom is 0.224 e. The van der Waals surface area contributed by atoms with Crippen molar-refractivity contribution in [3.8, 4) is 0 Å². The Hall–Kier alpha value is -3.94. The van der Waals surface area contributed by atoms with Gasteiger partial charge in [0.1, 0.15) is 11.6 Å². The van der Waals surface area contributed by atoms with Crippen LogP contribution in [0.4, 0.5) is 11.8 Å². The monoisotopic (exact) mass is 384 g/mol.